The molecule has 1 aromatic heterocycles. The standard InChI is InChI=1S/C14H22N4/c1-2-11-4-3-8-18(9-7-11)12-5-6-13(14(15)16)17-10-12/h5-6,10-11H,2-4,7-9H2,1H3,(H3,15,16). The molecule has 0 radical (unpaired) electrons. The monoisotopic (exact) mass is 246 g/mol. The third kappa shape index (κ3) is 3.00. The lowest BCUT2D eigenvalue weighted by molar-refractivity contribution is 0.459. The van der Waals surface area contributed by atoms with Crippen LogP contribution in [0.5, 0.6) is 0 Å². The van der Waals surface area contributed by atoms with Crippen LogP contribution in [0, 0.1) is 11.3 Å². The minimum absolute atomic E-state index is 0.0310. The maximum atomic E-state index is 7.34. The van der Waals surface area contributed by atoms with Gasteiger partial charge in [-0.25, -0.2) is 0 Å². The summed E-state index contributed by atoms with van der Waals surface area (Å²) < 4.78 is 0. The average Bonchev–Trinajstić information content (AvgIpc) is 2.64. The number of hydrogen-bond donors (Lipinski definition) is 2. The summed E-state index contributed by atoms with van der Waals surface area (Å²) in [5.74, 6) is 0.905. The van der Waals surface area contributed by atoms with E-state index < -0.39 is 0 Å². The molecule has 0 aliphatic carbocycles. The summed E-state index contributed by atoms with van der Waals surface area (Å²) >= 11 is 0. The maximum Gasteiger partial charge on any atom is 0.141 e. The van der Waals surface area contributed by atoms with Crippen molar-refractivity contribution < 1.29 is 0 Å². The SMILES string of the molecule is CCC1CCCN(c2ccc(C(=N)N)nc2)CC1. The molecule has 2 heterocycles. The highest BCUT2D eigenvalue weighted by Gasteiger charge is 2.16. The molecule has 0 spiro atoms. The molecule has 0 aromatic carbocycles. The van der Waals surface area contributed by atoms with E-state index in [1.165, 1.54) is 25.7 Å². The van der Waals surface area contributed by atoms with E-state index in [4.69, 9.17) is 11.1 Å². The number of nitrogens with two attached hydrogens (primary N) is 1. The Labute approximate surface area is 109 Å². The Kier molecular flexibility index (Phi) is 4.18. The fraction of sp³-hybridized carbons (Fsp3) is 0.571. The zero-order valence-electron chi connectivity index (χ0n) is 11.0. The Balaban J connectivity index is 2.04. The van der Waals surface area contributed by atoms with Crippen molar-refractivity contribution in [2.45, 2.75) is 32.6 Å². The highest BCUT2D eigenvalue weighted by Crippen LogP contribution is 2.23. The Morgan fingerprint density at radius 2 is 2.28 bits per heavy atom. The number of aromatic nitrogens is 1. The molecular weight excluding hydrogens is 224 g/mol. The summed E-state index contributed by atoms with van der Waals surface area (Å²) in [6.07, 6.45) is 6.99. The van der Waals surface area contributed by atoms with Crippen LogP contribution in [0.3, 0.4) is 0 Å². The van der Waals surface area contributed by atoms with E-state index in [2.05, 4.69) is 16.8 Å². The molecule has 0 amide bonds. The highest BCUT2D eigenvalue weighted by atomic mass is 15.1. The van der Waals surface area contributed by atoms with Crippen LogP contribution in [-0.2, 0) is 0 Å². The van der Waals surface area contributed by atoms with Gasteiger partial charge in [-0.2, -0.15) is 0 Å². The molecule has 4 nitrogen and oxygen atoms in total. The number of anilines is 1. The predicted molar refractivity (Wildman–Crippen MR) is 75.1 cm³/mol. The Morgan fingerprint density at radius 3 is 2.89 bits per heavy atom. The van der Waals surface area contributed by atoms with Gasteiger partial charge in [-0.1, -0.05) is 13.3 Å². The van der Waals surface area contributed by atoms with Gasteiger partial charge < -0.3 is 10.6 Å². The molecular formula is C14H22N4. The van der Waals surface area contributed by atoms with Crippen LogP contribution in [0.4, 0.5) is 5.69 Å². The van der Waals surface area contributed by atoms with E-state index in [0.29, 0.717) is 5.69 Å². The molecule has 2 rings (SSSR count). The van der Waals surface area contributed by atoms with Crippen molar-refractivity contribution in [3.05, 3.63) is 24.0 Å². The van der Waals surface area contributed by atoms with Gasteiger partial charge in [-0.15, -0.1) is 0 Å². The number of pyridine rings is 1. The van der Waals surface area contributed by atoms with Gasteiger partial charge in [0.1, 0.15) is 11.5 Å². The summed E-state index contributed by atoms with van der Waals surface area (Å²) in [4.78, 5) is 6.63. The smallest absolute Gasteiger partial charge is 0.141 e. The van der Waals surface area contributed by atoms with E-state index in [0.717, 1.165) is 24.7 Å². The largest absolute Gasteiger partial charge is 0.382 e. The summed E-state index contributed by atoms with van der Waals surface area (Å²) in [5.41, 5.74) is 7.12. The lowest BCUT2D eigenvalue weighted by Crippen LogP contribution is -2.24. The van der Waals surface area contributed by atoms with Gasteiger partial charge >= 0.3 is 0 Å². The number of nitrogens with zero attached hydrogens (tertiary/aromatic N) is 2. The van der Waals surface area contributed by atoms with Crippen LogP contribution in [0.2, 0.25) is 0 Å². The molecule has 1 fully saturated rings. The zero-order valence-corrected chi connectivity index (χ0v) is 11.0. The summed E-state index contributed by atoms with van der Waals surface area (Å²) in [7, 11) is 0. The molecule has 4 heteroatoms. The second-order valence-corrected chi connectivity index (χ2v) is 5.01. The fourth-order valence-corrected chi connectivity index (χ4v) is 2.56. The van der Waals surface area contributed by atoms with Crippen LogP contribution in [0.25, 0.3) is 0 Å². The molecule has 0 saturated carbocycles. The van der Waals surface area contributed by atoms with E-state index in [1.807, 2.05) is 18.3 Å². The third-order valence-electron chi connectivity index (χ3n) is 3.81. The van der Waals surface area contributed by atoms with Crippen LogP contribution in [-0.4, -0.2) is 23.9 Å². The molecule has 1 atom stereocenters. The van der Waals surface area contributed by atoms with Crippen molar-refractivity contribution in [2.24, 2.45) is 11.7 Å². The molecule has 98 valence electrons. The summed E-state index contributed by atoms with van der Waals surface area (Å²) in [6.45, 7) is 4.50. The van der Waals surface area contributed by atoms with E-state index in [-0.39, 0.29) is 5.84 Å². The Bertz CT molecular complexity index is 399. The zero-order chi connectivity index (χ0) is 13.0. The van der Waals surface area contributed by atoms with Gasteiger partial charge in [-0.05, 0) is 37.3 Å². The second kappa shape index (κ2) is 5.85. The summed E-state index contributed by atoms with van der Waals surface area (Å²) in [5, 5.41) is 7.34. The number of nitrogen functional groups attached to an aromatic ring is 1. The Hall–Kier alpha value is -1.58. The minimum Gasteiger partial charge on any atom is -0.382 e. The Morgan fingerprint density at radius 1 is 1.44 bits per heavy atom. The highest BCUT2D eigenvalue weighted by molar-refractivity contribution is 5.93. The normalized spacial score (nSPS) is 20.5. The van der Waals surface area contributed by atoms with E-state index >= 15 is 0 Å². The number of hydrogen-bond acceptors (Lipinski definition) is 3. The van der Waals surface area contributed by atoms with Gasteiger partial charge in [0.15, 0.2) is 0 Å². The molecule has 1 aromatic rings. The summed E-state index contributed by atoms with van der Waals surface area (Å²) in [6, 6.07) is 3.86. The fourth-order valence-electron chi connectivity index (χ4n) is 2.56. The quantitative estimate of drug-likeness (QED) is 0.635. The minimum atomic E-state index is 0.0310. The first-order valence-corrected chi connectivity index (χ1v) is 6.76. The lowest BCUT2D eigenvalue weighted by atomic mass is 9.98. The van der Waals surface area contributed by atoms with Crippen molar-refractivity contribution in [3.63, 3.8) is 0 Å². The molecule has 18 heavy (non-hydrogen) atoms. The maximum absolute atomic E-state index is 7.34. The first-order valence-electron chi connectivity index (χ1n) is 6.76. The first-order chi connectivity index (χ1) is 8.70. The first kappa shape index (κ1) is 12.9. The van der Waals surface area contributed by atoms with E-state index in [1.54, 1.807) is 0 Å². The molecule has 1 unspecified atom stereocenters. The van der Waals surface area contributed by atoms with Gasteiger partial charge in [-0.3, -0.25) is 10.4 Å². The van der Waals surface area contributed by atoms with Crippen molar-refractivity contribution in [3.8, 4) is 0 Å². The van der Waals surface area contributed by atoms with Crippen molar-refractivity contribution in [2.75, 3.05) is 18.0 Å². The van der Waals surface area contributed by atoms with Crippen molar-refractivity contribution in [1.82, 2.24) is 4.98 Å². The molecule has 1 aliphatic rings. The molecule has 1 saturated heterocycles. The van der Waals surface area contributed by atoms with Crippen LogP contribution in [0.1, 0.15) is 38.3 Å². The number of amidine groups is 1. The van der Waals surface area contributed by atoms with Crippen LogP contribution in [0.15, 0.2) is 18.3 Å². The number of nitrogens with one attached hydrogen (secondary N) is 1. The molecule has 3 N–H and O–H groups in total. The van der Waals surface area contributed by atoms with Crippen molar-refractivity contribution in [1.29, 1.82) is 5.41 Å². The van der Waals surface area contributed by atoms with E-state index in [9.17, 15) is 0 Å². The average molecular weight is 246 g/mol. The van der Waals surface area contributed by atoms with Gasteiger partial charge in [0.2, 0.25) is 0 Å². The van der Waals surface area contributed by atoms with Gasteiger partial charge in [0.25, 0.3) is 0 Å². The van der Waals surface area contributed by atoms with Crippen LogP contribution >= 0.6 is 0 Å². The lowest BCUT2D eigenvalue weighted by Gasteiger charge is -2.22. The molecule has 1 aliphatic heterocycles. The third-order valence-corrected chi connectivity index (χ3v) is 3.81. The van der Waals surface area contributed by atoms with Crippen molar-refractivity contribution >= 4 is 11.5 Å². The second-order valence-electron chi connectivity index (χ2n) is 5.01. The van der Waals surface area contributed by atoms with Gasteiger partial charge in [0, 0.05) is 13.1 Å². The molecule has 0 bridgehead atoms. The topological polar surface area (TPSA) is 66.0 Å². The van der Waals surface area contributed by atoms with Crippen LogP contribution < -0.4 is 10.6 Å². The van der Waals surface area contributed by atoms with Gasteiger partial charge in [0.05, 0.1) is 11.9 Å². The number of rotatable bonds is 3. The predicted octanol–water partition coefficient (Wildman–Crippen LogP) is 2.38.